The van der Waals surface area contributed by atoms with E-state index in [1.165, 1.54) is 0 Å². The Balaban J connectivity index is 2.44. The van der Waals surface area contributed by atoms with Crippen molar-refractivity contribution in [1.29, 1.82) is 0 Å². The predicted molar refractivity (Wildman–Crippen MR) is 52.9 cm³/mol. The van der Waals surface area contributed by atoms with Gasteiger partial charge in [-0.05, 0) is 17.7 Å². The van der Waals surface area contributed by atoms with Gasteiger partial charge in [-0.3, -0.25) is 0 Å². The molecular weight excluding hydrogens is 178 g/mol. The Morgan fingerprint density at radius 3 is 2.71 bits per heavy atom. The second-order valence-electron chi connectivity index (χ2n) is 2.72. The summed E-state index contributed by atoms with van der Waals surface area (Å²) in [6, 6.07) is 3.53. The van der Waals surface area contributed by atoms with E-state index in [0.717, 1.165) is 11.1 Å². The number of nitrogens with two attached hydrogens (primary N) is 2. The maximum Gasteiger partial charge on any atom is 0.220 e. The smallest absolute Gasteiger partial charge is 0.220 e. The quantitative estimate of drug-likeness (QED) is 0.676. The Morgan fingerprint density at radius 1 is 1.21 bits per heavy atom. The number of anilines is 2. The molecule has 0 saturated heterocycles. The van der Waals surface area contributed by atoms with Gasteiger partial charge in [0.2, 0.25) is 5.95 Å². The van der Waals surface area contributed by atoms with E-state index < -0.39 is 0 Å². The lowest BCUT2D eigenvalue weighted by atomic mass is 10.1. The summed E-state index contributed by atoms with van der Waals surface area (Å²) < 4.78 is 0. The zero-order valence-electron chi connectivity index (χ0n) is 7.31. The molecule has 0 amide bonds. The summed E-state index contributed by atoms with van der Waals surface area (Å²) in [5.74, 6) is 0.656. The second kappa shape index (κ2) is 3.29. The van der Waals surface area contributed by atoms with Gasteiger partial charge in [-0.25, -0.2) is 15.0 Å². The van der Waals surface area contributed by atoms with Crippen LogP contribution in [0.3, 0.4) is 0 Å². The molecule has 2 aromatic rings. The molecule has 0 atom stereocenters. The number of nitrogens with zero attached hydrogens (tertiary/aromatic N) is 3. The van der Waals surface area contributed by atoms with Crippen LogP contribution in [0.5, 0.6) is 0 Å². The topological polar surface area (TPSA) is 90.7 Å². The molecule has 0 bridgehead atoms. The van der Waals surface area contributed by atoms with Crippen LogP contribution in [0.25, 0.3) is 11.1 Å². The maximum atomic E-state index is 5.54. The van der Waals surface area contributed by atoms with Crippen LogP contribution in [0.15, 0.2) is 24.5 Å². The van der Waals surface area contributed by atoms with Crippen molar-refractivity contribution in [2.75, 3.05) is 11.5 Å². The van der Waals surface area contributed by atoms with Crippen molar-refractivity contribution >= 4 is 11.8 Å². The van der Waals surface area contributed by atoms with Crippen LogP contribution < -0.4 is 11.5 Å². The largest absolute Gasteiger partial charge is 0.384 e. The van der Waals surface area contributed by atoms with Crippen LogP contribution in [0.2, 0.25) is 0 Å². The molecule has 5 heteroatoms. The molecule has 0 spiro atoms. The van der Waals surface area contributed by atoms with Crippen molar-refractivity contribution in [3.8, 4) is 11.1 Å². The fourth-order valence-electron chi connectivity index (χ4n) is 1.06. The van der Waals surface area contributed by atoms with Crippen molar-refractivity contribution in [3.63, 3.8) is 0 Å². The van der Waals surface area contributed by atoms with Gasteiger partial charge in [0.25, 0.3) is 0 Å². The first kappa shape index (κ1) is 8.43. The Hall–Kier alpha value is -2.17. The Morgan fingerprint density at radius 2 is 2.07 bits per heavy atom. The van der Waals surface area contributed by atoms with Gasteiger partial charge in [0, 0.05) is 18.0 Å². The normalized spacial score (nSPS) is 10.0. The highest BCUT2D eigenvalue weighted by Crippen LogP contribution is 2.17. The molecule has 69 valence electrons. The van der Waals surface area contributed by atoms with Crippen molar-refractivity contribution < 1.29 is 0 Å². The standard InChI is InChI=1S/C9H8N5/c10-8-3-6(1-2-12-8)7-4-13-9(11)14-5-7/h1-4H,(H2,10,12)(H2,11,13,14). The molecule has 0 aliphatic rings. The lowest BCUT2D eigenvalue weighted by Crippen LogP contribution is -1.95. The van der Waals surface area contributed by atoms with Gasteiger partial charge >= 0.3 is 0 Å². The number of nitrogen functional groups attached to an aromatic ring is 2. The van der Waals surface area contributed by atoms with Gasteiger partial charge in [0.1, 0.15) is 12.0 Å². The minimum absolute atomic E-state index is 0.204. The van der Waals surface area contributed by atoms with Gasteiger partial charge in [0.15, 0.2) is 0 Å². The Bertz CT molecular complexity index is 437. The molecule has 2 heterocycles. The van der Waals surface area contributed by atoms with E-state index in [1.54, 1.807) is 18.5 Å². The summed E-state index contributed by atoms with van der Waals surface area (Å²) in [6.45, 7) is 0. The predicted octanol–water partition coefficient (Wildman–Crippen LogP) is 0.503. The van der Waals surface area contributed by atoms with E-state index in [4.69, 9.17) is 11.5 Å². The minimum Gasteiger partial charge on any atom is -0.384 e. The number of hydrogen-bond acceptors (Lipinski definition) is 5. The van der Waals surface area contributed by atoms with Crippen LogP contribution in [0.1, 0.15) is 0 Å². The van der Waals surface area contributed by atoms with Gasteiger partial charge in [-0.2, -0.15) is 0 Å². The molecule has 0 fully saturated rings. The first-order valence-electron chi connectivity index (χ1n) is 3.98. The highest BCUT2D eigenvalue weighted by atomic mass is 15.0. The fraction of sp³-hybridized carbons (Fsp3) is 0. The summed E-state index contributed by atoms with van der Waals surface area (Å²) in [6.07, 6.45) is 5.97. The number of rotatable bonds is 1. The maximum absolute atomic E-state index is 5.54. The van der Waals surface area contributed by atoms with E-state index in [2.05, 4.69) is 21.1 Å². The second-order valence-corrected chi connectivity index (χ2v) is 2.72. The molecule has 0 aliphatic heterocycles. The zero-order valence-corrected chi connectivity index (χ0v) is 7.31. The van der Waals surface area contributed by atoms with Gasteiger partial charge in [-0.1, -0.05) is 0 Å². The first-order valence-corrected chi connectivity index (χ1v) is 3.98. The first-order chi connectivity index (χ1) is 6.75. The fourth-order valence-corrected chi connectivity index (χ4v) is 1.06. The van der Waals surface area contributed by atoms with Crippen LogP contribution in [0.4, 0.5) is 11.8 Å². The monoisotopic (exact) mass is 186 g/mol. The molecule has 0 aromatic carbocycles. The summed E-state index contributed by atoms with van der Waals surface area (Å²) in [5.41, 5.74) is 12.5. The average molecular weight is 186 g/mol. The van der Waals surface area contributed by atoms with Crippen LogP contribution in [-0.2, 0) is 0 Å². The van der Waals surface area contributed by atoms with Gasteiger partial charge in [0.05, 0.1) is 0 Å². The van der Waals surface area contributed by atoms with Crippen molar-refractivity contribution in [3.05, 3.63) is 30.7 Å². The Labute approximate surface area is 80.8 Å². The summed E-state index contributed by atoms with van der Waals surface area (Å²) in [7, 11) is 0. The van der Waals surface area contributed by atoms with Crippen molar-refractivity contribution in [1.82, 2.24) is 15.0 Å². The number of aromatic nitrogens is 3. The molecule has 1 radical (unpaired) electrons. The van der Waals surface area contributed by atoms with E-state index in [1.807, 2.05) is 6.07 Å². The minimum atomic E-state index is 0.204. The molecule has 2 aromatic heterocycles. The van der Waals surface area contributed by atoms with E-state index >= 15 is 0 Å². The molecule has 5 nitrogen and oxygen atoms in total. The third kappa shape index (κ3) is 1.61. The third-order valence-corrected chi connectivity index (χ3v) is 1.71. The Kier molecular flexibility index (Phi) is 1.98. The third-order valence-electron chi connectivity index (χ3n) is 1.71. The SMILES string of the molecule is Nc1cc(-c2[c]nc(N)nc2)ccn1. The molecule has 0 unspecified atom stereocenters. The molecule has 2 rings (SSSR count). The highest BCUT2D eigenvalue weighted by molar-refractivity contribution is 5.63. The molecular formula is C9H8N5. The van der Waals surface area contributed by atoms with E-state index in [-0.39, 0.29) is 5.95 Å². The van der Waals surface area contributed by atoms with Crippen molar-refractivity contribution in [2.45, 2.75) is 0 Å². The molecule has 4 N–H and O–H groups in total. The van der Waals surface area contributed by atoms with Crippen LogP contribution >= 0.6 is 0 Å². The molecule has 0 aliphatic carbocycles. The summed E-state index contributed by atoms with van der Waals surface area (Å²) in [5, 5.41) is 0. The number of hydrogen-bond donors (Lipinski definition) is 2. The highest BCUT2D eigenvalue weighted by Gasteiger charge is 1.99. The average Bonchev–Trinajstić information content (AvgIpc) is 2.19. The lowest BCUT2D eigenvalue weighted by Gasteiger charge is -2.00. The summed E-state index contributed by atoms with van der Waals surface area (Å²) in [4.78, 5) is 11.5. The molecule has 0 saturated carbocycles. The van der Waals surface area contributed by atoms with Crippen molar-refractivity contribution in [2.24, 2.45) is 0 Å². The summed E-state index contributed by atoms with van der Waals surface area (Å²) >= 11 is 0. The van der Waals surface area contributed by atoms with E-state index in [0.29, 0.717) is 5.82 Å². The number of pyridine rings is 1. The van der Waals surface area contributed by atoms with Crippen LogP contribution in [-0.4, -0.2) is 15.0 Å². The van der Waals surface area contributed by atoms with Crippen LogP contribution in [0, 0.1) is 6.20 Å². The lowest BCUT2D eigenvalue weighted by molar-refractivity contribution is 1.18. The zero-order chi connectivity index (χ0) is 9.97. The molecule has 14 heavy (non-hydrogen) atoms. The van der Waals surface area contributed by atoms with Gasteiger partial charge < -0.3 is 11.5 Å². The van der Waals surface area contributed by atoms with Gasteiger partial charge in [-0.15, -0.1) is 0 Å². The van der Waals surface area contributed by atoms with E-state index in [9.17, 15) is 0 Å².